The van der Waals surface area contributed by atoms with Crippen molar-refractivity contribution in [2.24, 2.45) is 0 Å². The van der Waals surface area contributed by atoms with Gasteiger partial charge in [0.1, 0.15) is 5.82 Å². The van der Waals surface area contributed by atoms with Crippen molar-refractivity contribution in [1.29, 1.82) is 0 Å². The Labute approximate surface area is 89.0 Å². The summed E-state index contributed by atoms with van der Waals surface area (Å²) in [5, 5.41) is 10.5. The Morgan fingerprint density at radius 2 is 2.20 bits per heavy atom. The first-order valence-corrected chi connectivity index (χ1v) is 4.96. The van der Waals surface area contributed by atoms with Crippen molar-refractivity contribution in [3.63, 3.8) is 0 Å². The van der Waals surface area contributed by atoms with Gasteiger partial charge in [-0.2, -0.15) is 4.37 Å². The van der Waals surface area contributed by atoms with E-state index in [1.165, 1.54) is 23.7 Å². The fourth-order valence-electron chi connectivity index (χ4n) is 1.21. The molecule has 0 unspecified atom stereocenters. The number of nitrogens with zero attached hydrogens (tertiary/aromatic N) is 1. The molecule has 0 aliphatic rings. The predicted molar refractivity (Wildman–Crippen MR) is 54.5 cm³/mol. The van der Waals surface area contributed by atoms with E-state index < -0.39 is 11.8 Å². The molecule has 1 N–H and O–H groups in total. The maximum absolute atomic E-state index is 13.1. The standard InChI is InChI=1S/C10H6FNO2S/c11-8-2-1-6(5-7(8)10(13)14)9-3-4-15-12-9/h1-5H,(H,13,14). The zero-order chi connectivity index (χ0) is 10.8. The van der Waals surface area contributed by atoms with Crippen LogP contribution in [0.2, 0.25) is 0 Å². The maximum atomic E-state index is 13.1. The van der Waals surface area contributed by atoms with Crippen LogP contribution in [0.3, 0.4) is 0 Å². The molecule has 0 aliphatic heterocycles. The molecule has 15 heavy (non-hydrogen) atoms. The minimum Gasteiger partial charge on any atom is -0.478 e. The number of aromatic carboxylic acids is 1. The number of benzene rings is 1. The van der Waals surface area contributed by atoms with Gasteiger partial charge in [-0.3, -0.25) is 0 Å². The van der Waals surface area contributed by atoms with Crippen LogP contribution in [-0.2, 0) is 0 Å². The van der Waals surface area contributed by atoms with Crippen molar-refractivity contribution >= 4 is 17.5 Å². The first-order valence-electron chi connectivity index (χ1n) is 4.12. The molecule has 1 heterocycles. The minimum atomic E-state index is -1.27. The van der Waals surface area contributed by atoms with Gasteiger partial charge in [0.15, 0.2) is 0 Å². The highest BCUT2D eigenvalue weighted by Gasteiger charge is 2.11. The van der Waals surface area contributed by atoms with Gasteiger partial charge in [0.2, 0.25) is 0 Å². The first kappa shape index (κ1) is 9.79. The van der Waals surface area contributed by atoms with Gasteiger partial charge in [-0.25, -0.2) is 9.18 Å². The summed E-state index contributed by atoms with van der Waals surface area (Å²) in [5.74, 6) is -2.01. The molecule has 5 heteroatoms. The Morgan fingerprint density at radius 1 is 1.40 bits per heavy atom. The molecular weight excluding hydrogens is 217 g/mol. The summed E-state index contributed by atoms with van der Waals surface area (Å²) >= 11 is 1.26. The van der Waals surface area contributed by atoms with E-state index in [1.807, 2.05) is 0 Å². The van der Waals surface area contributed by atoms with Gasteiger partial charge in [-0.1, -0.05) is 0 Å². The molecule has 76 valence electrons. The Morgan fingerprint density at radius 3 is 2.80 bits per heavy atom. The summed E-state index contributed by atoms with van der Waals surface area (Å²) in [7, 11) is 0. The average molecular weight is 223 g/mol. The lowest BCUT2D eigenvalue weighted by Crippen LogP contribution is -2.00. The molecule has 0 atom stereocenters. The van der Waals surface area contributed by atoms with Crippen molar-refractivity contribution < 1.29 is 14.3 Å². The molecule has 0 fully saturated rings. The Bertz CT molecular complexity index is 496. The monoisotopic (exact) mass is 223 g/mol. The van der Waals surface area contributed by atoms with Crippen LogP contribution in [-0.4, -0.2) is 15.4 Å². The van der Waals surface area contributed by atoms with Crippen molar-refractivity contribution in [1.82, 2.24) is 4.37 Å². The average Bonchev–Trinajstić information content (AvgIpc) is 2.71. The molecule has 0 saturated carbocycles. The Balaban J connectivity index is 2.52. The highest BCUT2D eigenvalue weighted by atomic mass is 32.1. The van der Waals surface area contributed by atoms with E-state index in [0.717, 1.165) is 6.07 Å². The van der Waals surface area contributed by atoms with Crippen molar-refractivity contribution in [2.75, 3.05) is 0 Å². The van der Waals surface area contributed by atoms with Crippen LogP contribution in [0.5, 0.6) is 0 Å². The molecule has 0 radical (unpaired) electrons. The topological polar surface area (TPSA) is 50.2 Å². The molecule has 3 nitrogen and oxygen atoms in total. The van der Waals surface area contributed by atoms with Crippen LogP contribution in [0.15, 0.2) is 29.6 Å². The van der Waals surface area contributed by atoms with Crippen molar-refractivity contribution in [3.8, 4) is 11.3 Å². The van der Waals surface area contributed by atoms with Crippen molar-refractivity contribution in [3.05, 3.63) is 41.0 Å². The summed E-state index contributed by atoms with van der Waals surface area (Å²) in [4.78, 5) is 10.7. The predicted octanol–water partition coefficient (Wildman–Crippen LogP) is 2.65. The molecule has 2 aromatic rings. The summed E-state index contributed by atoms with van der Waals surface area (Å²) in [6.07, 6.45) is 0. The van der Waals surface area contributed by atoms with Gasteiger partial charge in [-0.05, 0) is 35.8 Å². The van der Waals surface area contributed by atoms with E-state index in [1.54, 1.807) is 11.4 Å². The van der Waals surface area contributed by atoms with Gasteiger partial charge in [0, 0.05) is 10.9 Å². The van der Waals surface area contributed by atoms with Crippen LogP contribution in [0.4, 0.5) is 4.39 Å². The lowest BCUT2D eigenvalue weighted by Gasteiger charge is -2.00. The number of carbonyl (C=O) groups is 1. The third-order valence-corrected chi connectivity index (χ3v) is 2.49. The SMILES string of the molecule is O=C(O)c1cc(-c2ccsn2)ccc1F. The van der Waals surface area contributed by atoms with Crippen LogP contribution in [0.25, 0.3) is 11.3 Å². The van der Waals surface area contributed by atoms with E-state index in [-0.39, 0.29) is 5.56 Å². The van der Waals surface area contributed by atoms with Crippen LogP contribution in [0, 0.1) is 5.82 Å². The number of rotatable bonds is 2. The van der Waals surface area contributed by atoms with Crippen LogP contribution in [0.1, 0.15) is 10.4 Å². The third-order valence-electron chi connectivity index (χ3n) is 1.93. The van der Waals surface area contributed by atoms with Crippen LogP contribution >= 0.6 is 11.5 Å². The minimum absolute atomic E-state index is 0.333. The highest BCUT2D eigenvalue weighted by Crippen LogP contribution is 2.21. The molecule has 0 saturated heterocycles. The quantitative estimate of drug-likeness (QED) is 0.851. The Kier molecular flexibility index (Phi) is 2.47. The van der Waals surface area contributed by atoms with E-state index in [0.29, 0.717) is 11.3 Å². The summed E-state index contributed by atoms with van der Waals surface area (Å²) < 4.78 is 17.1. The zero-order valence-electron chi connectivity index (χ0n) is 7.48. The van der Waals surface area contributed by atoms with E-state index in [4.69, 9.17) is 5.11 Å². The van der Waals surface area contributed by atoms with E-state index >= 15 is 0 Å². The smallest absolute Gasteiger partial charge is 0.338 e. The molecule has 0 bridgehead atoms. The number of halogens is 1. The van der Waals surface area contributed by atoms with E-state index in [2.05, 4.69) is 4.37 Å². The number of carboxylic acid groups (broad SMARTS) is 1. The zero-order valence-corrected chi connectivity index (χ0v) is 8.29. The lowest BCUT2D eigenvalue weighted by atomic mass is 10.1. The normalized spacial score (nSPS) is 10.2. The van der Waals surface area contributed by atoms with Crippen LogP contribution < -0.4 is 0 Å². The number of hydrogen-bond acceptors (Lipinski definition) is 3. The maximum Gasteiger partial charge on any atom is 0.338 e. The molecular formula is C10H6FNO2S. The number of hydrogen-bond donors (Lipinski definition) is 1. The first-order chi connectivity index (χ1) is 7.18. The fourth-order valence-corrected chi connectivity index (χ4v) is 1.74. The lowest BCUT2D eigenvalue weighted by molar-refractivity contribution is 0.0692. The summed E-state index contributed by atoms with van der Waals surface area (Å²) in [6.45, 7) is 0. The van der Waals surface area contributed by atoms with Gasteiger partial charge < -0.3 is 5.11 Å². The fraction of sp³-hybridized carbons (Fsp3) is 0. The summed E-state index contributed by atoms with van der Waals surface area (Å²) in [5.41, 5.74) is 0.929. The number of aromatic nitrogens is 1. The molecule has 1 aromatic carbocycles. The molecule has 0 aliphatic carbocycles. The van der Waals surface area contributed by atoms with Gasteiger partial charge in [0.25, 0.3) is 0 Å². The largest absolute Gasteiger partial charge is 0.478 e. The third kappa shape index (κ3) is 1.87. The van der Waals surface area contributed by atoms with E-state index in [9.17, 15) is 9.18 Å². The second-order valence-corrected chi connectivity index (χ2v) is 3.55. The highest BCUT2D eigenvalue weighted by molar-refractivity contribution is 7.03. The summed E-state index contributed by atoms with van der Waals surface area (Å²) in [6, 6.07) is 5.69. The number of carboxylic acids is 1. The second kappa shape index (κ2) is 3.78. The second-order valence-electron chi connectivity index (χ2n) is 2.88. The van der Waals surface area contributed by atoms with Gasteiger partial charge in [0.05, 0.1) is 11.3 Å². The molecule has 1 aromatic heterocycles. The molecule has 2 rings (SSSR count). The molecule has 0 spiro atoms. The Hall–Kier alpha value is -1.75. The van der Waals surface area contributed by atoms with Gasteiger partial charge >= 0.3 is 5.97 Å². The van der Waals surface area contributed by atoms with Crippen molar-refractivity contribution in [2.45, 2.75) is 0 Å². The van der Waals surface area contributed by atoms with Gasteiger partial charge in [-0.15, -0.1) is 0 Å². The molecule has 0 amide bonds.